The third-order valence-corrected chi connectivity index (χ3v) is 7.89. The molecule has 0 radical (unpaired) electrons. The fraction of sp³-hybridized carbons (Fsp3) is 0.778. The summed E-state index contributed by atoms with van der Waals surface area (Å²) in [6.45, 7) is 2.21. The molecule has 0 aromatic rings. The van der Waals surface area contributed by atoms with Gasteiger partial charge in [0.05, 0.1) is 12.2 Å². The first-order valence-corrected chi connectivity index (χ1v) is 17.2. The maximum Gasteiger partial charge on any atom is 0.328 e. The number of aliphatic hydroxyl groups is 2. The number of aliphatic carboxylic acids is 2. The molecular weight excluding hydrogens is 528 g/mol. The van der Waals surface area contributed by atoms with Crippen molar-refractivity contribution in [1.82, 2.24) is 0 Å². The molecule has 0 rings (SSSR count). The molecule has 0 spiro atoms. The van der Waals surface area contributed by atoms with Gasteiger partial charge in [-0.15, -0.1) is 0 Å². The zero-order chi connectivity index (χ0) is 31.1. The summed E-state index contributed by atoms with van der Waals surface area (Å²) in [5, 5.41) is 38.1. The molecule has 0 aromatic carbocycles. The van der Waals surface area contributed by atoms with Gasteiger partial charge in [-0.3, -0.25) is 4.79 Å². The highest BCUT2D eigenvalue weighted by Crippen LogP contribution is 2.21. The van der Waals surface area contributed by atoms with Crippen LogP contribution in [0.2, 0.25) is 0 Å². The number of rotatable bonds is 31. The molecule has 0 aliphatic carbocycles. The normalized spacial score (nSPS) is 13.7. The number of carbonyl (C=O) groups is 2. The first kappa shape index (κ1) is 40.1. The molecule has 2 atom stereocenters. The Hall–Kier alpha value is -1.92. The van der Waals surface area contributed by atoms with Gasteiger partial charge in [0.15, 0.2) is 0 Å². The van der Waals surface area contributed by atoms with Gasteiger partial charge in [0, 0.05) is 12.5 Å². The van der Waals surface area contributed by atoms with E-state index in [2.05, 4.69) is 13.0 Å². The number of allylic oxidation sites excluding steroid dienone is 4. The zero-order valence-corrected chi connectivity index (χ0v) is 26.8. The van der Waals surface area contributed by atoms with Gasteiger partial charge in [-0.05, 0) is 70.6 Å². The smallest absolute Gasteiger partial charge is 0.328 e. The lowest BCUT2D eigenvalue weighted by atomic mass is 9.97. The minimum absolute atomic E-state index is 0.198. The maximum absolute atomic E-state index is 10.7. The molecule has 42 heavy (non-hydrogen) atoms. The van der Waals surface area contributed by atoms with E-state index in [1.807, 2.05) is 6.08 Å². The first-order chi connectivity index (χ1) is 20.3. The largest absolute Gasteiger partial charge is 0.481 e. The summed E-state index contributed by atoms with van der Waals surface area (Å²) in [5.74, 6) is -1.63. The van der Waals surface area contributed by atoms with Crippen LogP contribution in [-0.2, 0) is 9.59 Å². The van der Waals surface area contributed by atoms with Gasteiger partial charge in [0.25, 0.3) is 0 Å². The Bertz CT molecular complexity index is 726. The van der Waals surface area contributed by atoms with Crippen LogP contribution >= 0.6 is 0 Å². The van der Waals surface area contributed by atoms with Gasteiger partial charge < -0.3 is 20.4 Å². The first-order valence-electron chi connectivity index (χ1n) is 17.2. The molecule has 0 aromatic heterocycles. The zero-order valence-electron chi connectivity index (χ0n) is 26.8. The third-order valence-electron chi connectivity index (χ3n) is 7.89. The summed E-state index contributed by atoms with van der Waals surface area (Å²) in [5.41, 5.74) is 1.47. The number of aliphatic hydroxyl groups excluding tert-OH is 2. The molecule has 0 saturated carbocycles. The van der Waals surface area contributed by atoms with Gasteiger partial charge in [0.1, 0.15) is 0 Å². The van der Waals surface area contributed by atoms with Gasteiger partial charge in [-0.25, -0.2) is 4.79 Å². The predicted molar refractivity (Wildman–Crippen MR) is 175 cm³/mol. The van der Waals surface area contributed by atoms with Crippen molar-refractivity contribution in [3.63, 3.8) is 0 Å². The van der Waals surface area contributed by atoms with Crippen molar-refractivity contribution in [2.24, 2.45) is 0 Å². The van der Waals surface area contributed by atoms with Crippen LogP contribution in [0.4, 0.5) is 0 Å². The van der Waals surface area contributed by atoms with Crippen LogP contribution in [0.15, 0.2) is 36.0 Å². The molecule has 0 aliphatic rings. The third kappa shape index (κ3) is 31.0. The Kier molecular flexibility index (Phi) is 29.1. The second kappa shape index (κ2) is 30.5. The average molecular weight is 593 g/mol. The van der Waals surface area contributed by atoms with Crippen LogP contribution < -0.4 is 0 Å². The van der Waals surface area contributed by atoms with Crippen molar-refractivity contribution < 1.29 is 30.0 Å². The van der Waals surface area contributed by atoms with E-state index < -0.39 is 11.9 Å². The molecule has 0 amide bonds. The molecule has 4 N–H and O–H groups in total. The quantitative estimate of drug-likeness (QED) is 0.0276. The van der Waals surface area contributed by atoms with Crippen LogP contribution in [0.5, 0.6) is 0 Å². The molecule has 1 unspecified atom stereocenters. The van der Waals surface area contributed by atoms with Gasteiger partial charge in [-0.2, -0.15) is 0 Å². The van der Waals surface area contributed by atoms with Crippen LogP contribution in [-0.4, -0.2) is 44.6 Å². The monoisotopic (exact) mass is 592 g/mol. The molecule has 0 fully saturated rings. The Balaban J connectivity index is 4.09. The van der Waals surface area contributed by atoms with Crippen LogP contribution in [0, 0.1) is 0 Å². The van der Waals surface area contributed by atoms with E-state index in [1.165, 1.54) is 31.3 Å². The number of hydrogen-bond acceptors (Lipinski definition) is 4. The SMILES string of the molecule is CCCCCC[C@@H](O)CC=C(CCCCCCCC(=O)O)CCCCCCC(O)CCCCCCC=CC=CC(=O)O. The van der Waals surface area contributed by atoms with Crippen molar-refractivity contribution in [3.05, 3.63) is 36.0 Å². The summed E-state index contributed by atoms with van der Waals surface area (Å²) in [6, 6.07) is 0. The Labute approximate surface area is 257 Å². The van der Waals surface area contributed by atoms with E-state index in [9.17, 15) is 19.8 Å². The van der Waals surface area contributed by atoms with E-state index >= 15 is 0 Å². The molecule has 0 saturated heterocycles. The molecule has 0 bridgehead atoms. The summed E-state index contributed by atoms with van der Waals surface area (Å²) < 4.78 is 0. The molecule has 6 heteroatoms. The highest BCUT2D eigenvalue weighted by atomic mass is 16.4. The van der Waals surface area contributed by atoms with E-state index in [0.717, 1.165) is 134 Å². The Morgan fingerprint density at radius 3 is 1.67 bits per heavy atom. The van der Waals surface area contributed by atoms with E-state index in [0.29, 0.717) is 0 Å². The van der Waals surface area contributed by atoms with E-state index in [1.54, 1.807) is 12.2 Å². The Morgan fingerprint density at radius 1 is 0.595 bits per heavy atom. The van der Waals surface area contributed by atoms with Gasteiger partial charge in [-0.1, -0.05) is 120 Å². The van der Waals surface area contributed by atoms with Crippen LogP contribution in [0.25, 0.3) is 0 Å². The fourth-order valence-corrected chi connectivity index (χ4v) is 5.25. The van der Waals surface area contributed by atoms with E-state index in [-0.39, 0.29) is 18.6 Å². The number of carboxylic acids is 2. The molecule has 0 heterocycles. The Morgan fingerprint density at radius 2 is 1.10 bits per heavy atom. The van der Waals surface area contributed by atoms with Crippen LogP contribution in [0.3, 0.4) is 0 Å². The molecule has 0 aliphatic heterocycles. The van der Waals surface area contributed by atoms with Crippen molar-refractivity contribution in [2.75, 3.05) is 0 Å². The predicted octanol–water partition coefficient (Wildman–Crippen LogP) is 9.69. The lowest BCUT2D eigenvalue weighted by Crippen LogP contribution is -2.06. The van der Waals surface area contributed by atoms with Gasteiger partial charge in [0.2, 0.25) is 0 Å². The topological polar surface area (TPSA) is 115 Å². The summed E-state index contributed by atoms with van der Waals surface area (Å²) in [7, 11) is 0. The maximum atomic E-state index is 10.7. The minimum atomic E-state index is -0.925. The van der Waals surface area contributed by atoms with Crippen LogP contribution in [0.1, 0.15) is 167 Å². The molecular formula is C36H64O6. The highest BCUT2D eigenvalue weighted by Gasteiger charge is 2.06. The van der Waals surface area contributed by atoms with Gasteiger partial charge >= 0.3 is 11.9 Å². The van der Waals surface area contributed by atoms with Crippen molar-refractivity contribution >= 4 is 11.9 Å². The lowest BCUT2D eigenvalue weighted by molar-refractivity contribution is -0.137. The molecule has 6 nitrogen and oxygen atoms in total. The number of hydrogen-bond donors (Lipinski definition) is 4. The van der Waals surface area contributed by atoms with E-state index in [4.69, 9.17) is 10.2 Å². The molecule has 244 valence electrons. The van der Waals surface area contributed by atoms with Crippen molar-refractivity contribution in [2.45, 2.75) is 180 Å². The fourth-order valence-electron chi connectivity index (χ4n) is 5.25. The second-order valence-corrected chi connectivity index (χ2v) is 12.0. The second-order valence-electron chi connectivity index (χ2n) is 12.0. The summed E-state index contributed by atoms with van der Waals surface area (Å²) in [6.07, 6.45) is 34.0. The van der Waals surface area contributed by atoms with Crippen molar-refractivity contribution in [1.29, 1.82) is 0 Å². The summed E-state index contributed by atoms with van der Waals surface area (Å²) in [4.78, 5) is 21.1. The van der Waals surface area contributed by atoms with Crippen molar-refractivity contribution in [3.8, 4) is 0 Å². The highest BCUT2D eigenvalue weighted by molar-refractivity contribution is 5.80. The summed E-state index contributed by atoms with van der Waals surface area (Å²) >= 11 is 0. The standard InChI is InChI=1S/C36H64O6/c1-2-3-4-18-27-34(38)31-30-32(23-16-10-9-13-22-29-36(41)42)24-17-14-15-20-26-33(37)25-19-11-7-5-6-8-12-21-28-35(39)40/h8,12,21,28,30,33-34,37-38H,2-7,9-11,13-20,22-27,29,31H2,1H3,(H,39,40)(H,41,42)/t33?,34-/m1/s1. The average Bonchev–Trinajstić information content (AvgIpc) is 2.95. The minimum Gasteiger partial charge on any atom is -0.481 e. The number of unbranched alkanes of at least 4 members (excludes halogenated alkanes) is 14. The number of carboxylic acid groups (broad SMARTS) is 2. The lowest BCUT2D eigenvalue weighted by Gasteiger charge is -2.12.